The number of anilines is 4. The molecule has 96 valence electrons. The number of carbonyl (C=O) groups excluding carboxylic acids is 1. The van der Waals surface area contributed by atoms with Gasteiger partial charge in [-0.25, -0.2) is 0 Å². The fraction of sp³-hybridized carbons (Fsp3) is 0.188. The van der Waals surface area contributed by atoms with Crippen molar-refractivity contribution in [3.8, 4) is 0 Å². The molecule has 1 aliphatic heterocycles. The third kappa shape index (κ3) is 1.70. The Morgan fingerprint density at radius 1 is 0.895 bits per heavy atom. The van der Waals surface area contributed by atoms with E-state index in [4.69, 9.17) is 0 Å². The summed E-state index contributed by atoms with van der Waals surface area (Å²) in [7, 11) is 2.03. The molecular weight excluding hydrogens is 236 g/mol. The van der Waals surface area contributed by atoms with Gasteiger partial charge < -0.3 is 4.90 Å². The van der Waals surface area contributed by atoms with Crippen molar-refractivity contribution in [2.75, 3.05) is 16.8 Å². The highest BCUT2D eigenvalue weighted by Crippen LogP contribution is 2.46. The zero-order chi connectivity index (χ0) is 13.4. The van der Waals surface area contributed by atoms with Gasteiger partial charge >= 0.3 is 0 Å². The molecular formula is C16H16N2O. The summed E-state index contributed by atoms with van der Waals surface area (Å²) in [6, 6.07) is 16.0. The lowest BCUT2D eigenvalue weighted by Gasteiger charge is -2.37. The summed E-state index contributed by atoms with van der Waals surface area (Å²) < 4.78 is 0. The quantitative estimate of drug-likeness (QED) is 0.769. The molecule has 19 heavy (non-hydrogen) atoms. The number of hydrogen-bond donors (Lipinski definition) is 0. The maximum atomic E-state index is 12.3. The van der Waals surface area contributed by atoms with Crippen LogP contribution in [0.15, 0.2) is 48.5 Å². The SMILES string of the molecule is CCC(=O)N1c2ccccc2N(C)c2ccccc21. The van der Waals surface area contributed by atoms with Crippen molar-refractivity contribution >= 4 is 28.7 Å². The lowest BCUT2D eigenvalue weighted by molar-refractivity contribution is -0.117. The number of para-hydroxylation sites is 4. The second kappa shape index (κ2) is 4.43. The molecule has 1 aliphatic rings. The molecule has 0 fully saturated rings. The maximum Gasteiger partial charge on any atom is 0.231 e. The van der Waals surface area contributed by atoms with E-state index in [9.17, 15) is 4.79 Å². The molecule has 3 heteroatoms. The van der Waals surface area contributed by atoms with E-state index in [1.54, 1.807) is 0 Å². The van der Waals surface area contributed by atoms with E-state index in [0.717, 1.165) is 22.7 Å². The molecule has 0 N–H and O–H groups in total. The Bertz CT molecular complexity index is 589. The summed E-state index contributed by atoms with van der Waals surface area (Å²) >= 11 is 0. The van der Waals surface area contributed by atoms with Crippen molar-refractivity contribution in [1.29, 1.82) is 0 Å². The lowest BCUT2D eigenvalue weighted by Crippen LogP contribution is -2.31. The minimum atomic E-state index is 0.119. The van der Waals surface area contributed by atoms with E-state index in [1.807, 2.05) is 67.4 Å². The van der Waals surface area contributed by atoms with E-state index in [1.165, 1.54) is 0 Å². The second-order valence-corrected chi connectivity index (χ2v) is 4.62. The van der Waals surface area contributed by atoms with Crippen LogP contribution in [-0.4, -0.2) is 13.0 Å². The molecule has 0 bridgehead atoms. The van der Waals surface area contributed by atoms with E-state index >= 15 is 0 Å². The molecule has 2 aromatic carbocycles. The summed E-state index contributed by atoms with van der Waals surface area (Å²) in [6.45, 7) is 1.89. The molecule has 0 atom stereocenters. The number of nitrogens with zero attached hydrogens (tertiary/aromatic N) is 2. The molecule has 1 heterocycles. The van der Waals surface area contributed by atoms with Crippen LogP contribution in [0.3, 0.4) is 0 Å². The number of rotatable bonds is 1. The Labute approximate surface area is 113 Å². The van der Waals surface area contributed by atoms with Crippen LogP contribution >= 0.6 is 0 Å². The fourth-order valence-electron chi connectivity index (χ4n) is 2.56. The number of benzene rings is 2. The average molecular weight is 252 g/mol. The number of hydrogen-bond acceptors (Lipinski definition) is 2. The molecule has 3 nitrogen and oxygen atoms in total. The minimum Gasteiger partial charge on any atom is -0.341 e. The van der Waals surface area contributed by atoms with Crippen molar-refractivity contribution in [3.05, 3.63) is 48.5 Å². The van der Waals surface area contributed by atoms with E-state index in [0.29, 0.717) is 6.42 Å². The third-order valence-corrected chi connectivity index (χ3v) is 3.52. The average Bonchev–Trinajstić information content (AvgIpc) is 2.47. The van der Waals surface area contributed by atoms with Gasteiger partial charge in [-0.05, 0) is 24.3 Å². The van der Waals surface area contributed by atoms with Crippen LogP contribution in [0.4, 0.5) is 22.7 Å². The van der Waals surface area contributed by atoms with E-state index in [2.05, 4.69) is 4.90 Å². The Morgan fingerprint density at radius 2 is 1.32 bits per heavy atom. The van der Waals surface area contributed by atoms with Crippen molar-refractivity contribution < 1.29 is 4.79 Å². The van der Waals surface area contributed by atoms with Crippen LogP contribution in [0.5, 0.6) is 0 Å². The topological polar surface area (TPSA) is 23.6 Å². The predicted molar refractivity (Wildman–Crippen MR) is 78.4 cm³/mol. The van der Waals surface area contributed by atoms with Crippen LogP contribution in [-0.2, 0) is 4.79 Å². The minimum absolute atomic E-state index is 0.119. The first-order chi connectivity index (χ1) is 9.24. The summed E-state index contributed by atoms with van der Waals surface area (Å²) in [5.74, 6) is 0.119. The first-order valence-electron chi connectivity index (χ1n) is 6.48. The van der Waals surface area contributed by atoms with Gasteiger partial charge in [-0.15, -0.1) is 0 Å². The number of fused-ring (bicyclic) bond motifs is 2. The van der Waals surface area contributed by atoms with E-state index < -0.39 is 0 Å². The van der Waals surface area contributed by atoms with Gasteiger partial charge in [0.2, 0.25) is 5.91 Å². The highest BCUT2D eigenvalue weighted by Gasteiger charge is 2.28. The first kappa shape index (κ1) is 11.8. The molecule has 0 saturated heterocycles. The van der Waals surface area contributed by atoms with Gasteiger partial charge in [0.25, 0.3) is 0 Å². The molecule has 0 radical (unpaired) electrons. The summed E-state index contributed by atoms with van der Waals surface area (Å²) in [6.07, 6.45) is 0.492. The van der Waals surface area contributed by atoms with Gasteiger partial charge in [0.1, 0.15) is 0 Å². The Hall–Kier alpha value is -2.29. The van der Waals surface area contributed by atoms with Gasteiger partial charge in [0, 0.05) is 13.5 Å². The third-order valence-electron chi connectivity index (χ3n) is 3.52. The van der Waals surface area contributed by atoms with Gasteiger partial charge in [0.05, 0.1) is 22.7 Å². The monoisotopic (exact) mass is 252 g/mol. The molecule has 0 spiro atoms. The standard InChI is InChI=1S/C16H16N2O/c1-3-16(19)18-14-10-6-4-8-12(14)17(2)13-9-5-7-11-15(13)18/h4-11H,3H2,1-2H3. The zero-order valence-electron chi connectivity index (χ0n) is 11.1. The van der Waals surface area contributed by atoms with Gasteiger partial charge in [-0.2, -0.15) is 0 Å². The van der Waals surface area contributed by atoms with Crippen LogP contribution in [0.25, 0.3) is 0 Å². The first-order valence-corrected chi connectivity index (χ1v) is 6.48. The largest absolute Gasteiger partial charge is 0.341 e. The highest BCUT2D eigenvalue weighted by molar-refractivity contribution is 6.09. The van der Waals surface area contributed by atoms with Crippen molar-refractivity contribution in [1.82, 2.24) is 0 Å². The summed E-state index contributed by atoms with van der Waals surface area (Å²) in [4.78, 5) is 16.3. The van der Waals surface area contributed by atoms with Crippen LogP contribution in [0.1, 0.15) is 13.3 Å². The Balaban J connectivity index is 2.26. The number of amides is 1. The van der Waals surface area contributed by atoms with Crippen molar-refractivity contribution in [2.24, 2.45) is 0 Å². The predicted octanol–water partition coefficient (Wildman–Crippen LogP) is 3.84. The van der Waals surface area contributed by atoms with Crippen LogP contribution in [0.2, 0.25) is 0 Å². The zero-order valence-corrected chi connectivity index (χ0v) is 11.1. The van der Waals surface area contributed by atoms with Gasteiger partial charge in [0.15, 0.2) is 0 Å². The van der Waals surface area contributed by atoms with Gasteiger partial charge in [-0.3, -0.25) is 9.69 Å². The van der Waals surface area contributed by atoms with E-state index in [-0.39, 0.29) is 5.91 Å². The molecule has 1 amide bonds. The molecule has 0 aromatic heterocycles. The fourth-order valence-corrected chi connectivity index (χ4v) is 2.56. The normalized spacial score (nSPS) is 12.9. The Morgan fingerprint density at radius 3 is 1.74 bits per heavy atom. The molecule has 0 aliphatic carbocycles. The van der Waals surface area contributed by atoms with Crippen molar-refractivity contribution in [2.45, 2.75) is 13.3 Å². The smallest absolute Gasteiger partial charge is 0.231 e. The van der Waals surface area contributed by atoms with Crippen molar-refractivity contribution in [3.63, 3.8) is 0 Å². The molecule has 0 unspecified atom stereocenters. The Kier molecular flexibility index (Phi) is 2.75. The second-order valence-electron chi connectivity index (χ2n) is 4.62. The lowest BCUT2D eigenvalue weighted by atomic mass is 10.1. The maximum absolute atomic E-state index is 12.3. The molecule has 0 saturated carbocycles. The van der Waals surface area contributed by atoms with Crippen LogP contribution < -0.4 is 9.80 Å². The molecule has 3 rings (SSSR count). The highest BCUT2D eigenvalue weighted by atomic mass is 16.2. The summed E-state index contributed by atoms with van der Waals surface area (Å²) in [5.41, 5.74) is 4.03. The molecule has 2 aromatic rings. The van der Waals surface area contributed by atoms with Crippen LogP contribution in [0, 0.1) is 0 Å². The van der Waals surface area contributed by atoms with Gasteiger partial charge in [-0.1, -0.05) is 31.2 Å². The summed E-state index contributed by atoms with van der Waals surface area (Å²) in [5, 5.41) is 0. The number of carbonyl (C=O) groups is 1.